The third-order valence-electron chi connectivity index (χ3n) is 6.56. The van der Waals surface area contributed by atoms with Crippen LogP contribution in [0.2, 0.25) is 0 Å². The van der Waals surface area contributed by atoms with Crippen molar-refractivity contribution in [1.29, 1.82) is 0 Å². The number of fused-ring (bicyclic) bond motifs is 1. The number of nitrogens with one attached hydrogen (secondary N) is 2. The van der Waals surface area contributed by atoms with Crippen LogP contribution in [0.25, 0.3) is 0 Å². The predicted octanol–water partition coefficient (Wildman–Crippen LogP) is 3.75. The number of hydrogen-bond acceptors (Lipinski definition) is 5. The van der Waals surface area contributed by atoms with Crippen LogP contribution in [-0.2, 0) is 17.6 Å². The van der Waals surface area contributed by atoms with Crippen molar-refractivity contribution in [3.63, 3.8) is 0 Å². The molecule has 1 fully saturated rings. The average molecular weight is 440 g/mol. The maximum Gasteiger partial charge on any atom is 0.303 e. The summed E-state index contributed by atoms with van der Waals surface area (Å²) in [6, 6.07) is 11.6. The normalized spacial score (nSPS) is 20.3. The van der Waals surface area contributed by atoms with Gasteiger partial charge in [0, 0.05) is 29.8 Å². The van der Waals surface area contributed by atoms with Gasteiger partial charge in [0.2, 0.25) is 5.75 Å². The molecule has 32 heavy (non-hydrogen) atoms. The van der Waals surface area contributed by atoms with Crippen molar-refractivity contribution < 1.29 is 19.0 Å². The lowest BCUT2D eigenvalue weighted by Gasteiger charge is -2.40. The minimum absolute atomic E-state index is 0.000162. The average Bonchev–Trinajstić information content (AvgIpc) is 2.76. The quantitative estimate of drug-likeness (QED) is 0.489. The first-order chi connectivity index (χ1) is 15.5. The second-order valence-corrected chi connectivity index (χ2v) is 8.76. The van der Waals surface area contributed by atoms with E-state index < -0.39 is 11.8 Å². The number of aromatic nitrogens is 1. The molecule has 3 N–H and O–H groups in total. The van der Waals surface area contributed by atoms with Gasteiger partial charge < -0.3 is 20.5 Å². The lowest BCUT2D eigenvalue weighted by molar-refractivity contribution is -0.138. The molecule has 4 rings (SSSR count). The van der Waals surface area contributed by atoms with Crippen LogP contribution in [0.3, 0.4) is 0 Å². The van der Waals surface area contributed by atoms with Crippen molar-refractivity contribution in [1.82, 2.24) is 10.3 Å². The zero-order chi connectivity index (χ0) is 22.5. The van der Waals surface area contributed by atoms with Crippen molar-refractivity contribution >= 4 is 11.8 Å². The van der Waals surface area contributed by atoms with E-state index in [1.165, 1.54) is 18.7 Å². The number of halogens is 1. The van der Waals surface area contributed by atoms with Gasteiger partial charge in [-0.15, -0.1) is 0 Å². The van der Waals surface area contributed by atoms with Crippen molar-refractivity contribution in [3.8, 4) is 5.75 Å². The molecule has 0 spiro atoms. The van der Waals surface area contributed by atoms with Gasteiger partial charge in [0.15, 0.2) is 5.82 Å². The Hall–Kier alpha value is -2.85. The Bertz CT molecular complexity index is 946. The van der Waals surface area contributed by atoms with Gasteiger partial charge in [-0.3, -0.25) is 4.79 Å². The van der Waals surface area contributed by atoms with Gasteiger partial charge in [0.25, 0.3) is 0 Å². The van der Waals surface area contributed by atoms with Gasteiger partial charge in [-0.05, 0) is 74.8 Å². The number of rotatable bonds is 10. The smallest absolute Gasteiger partial charge is 0.303 e. The molecule has 2 heterocycles. The fourth-order valence-corrected chi connectivity index (χ4v) is 4.73. The van der Waals surface area contributed by atoms with Gasteiger partial charge in [0.05, 0.1) is 13.5 Å². The van der Waals surface area contributed by atoms with Crippen LogP contribution in [-0.4, -0.2) is 42.3 Å². The van der Waals surface area contributed by atoms with Crippen LogP contribution in [0.15, 0.2) is 18.2 Å². The van der Waals surface area contributed by atoms with Crippen LogP contribution in [0.5, 0.6) is 5.75 Å². The Morgan fingerprint density at radius 1 is 1.41 bits per heavy atom. The van der Waals surface area contributed by atoms with E-state index in [0.29, 0.717) is 11.6 Å². The summed E-state index contributed by atoms with van der Waals surface area (Å²) in [5, 5.41) is 16.3. The van der Waals surface area contributed by atoms with Crippen molar-refractivity contribution in [2.45, 2.75) is 56.9 Å². The molecule has 1 atom stereocenters. The topological polar surface area (TPSA) is 83.5 Å². The molecular weight excluding hydrogens is 409 g/mol. The van der Waals surface area contributed by atoms with E-state index in [0.717, 1.165) is 63.1 Å². The molecule has 0 amide bonds. The minimum Gasteiger partial charge on any atom is -0.486 e. The lowest BCUT2D eigenvalue weighted by atomic mass is 9.69. The second kappa shape index (κ2) is 10.2. The Balaban J connectivity index is 1.24. The Labute approximate surface area is 188 Å². The molecule has 2 aliphatic rings. The van der Waals surface area contributed by atoms with E-state index in [4.69, 9.17) is 9.72 Å². The third kappa shape index (κ3) is 5.31. The van der Waals surface area contributed by atoms with Crippen molar-refractivity contribution in [3.05, 3.63) is 53.0 Å². The molecule has 1 aromatic carbocycles. The molecule has 6 nitrogen and oxygen atoms in total. The minimum atomic E-state index is -0.886. The summed E-state index contributed by atoms with van der Waals surface area (Å²) >= 11 is 0. The zero-order valence-electron chi connectivity index (χ0n) is 18.4. The molecule has 1 saturated carbocycles. The van der Waals surface area contributed by atoms with E-state index in [2.05, 4.69) is 34.9 Å². The summed E-state index contributed by atoms with van der Waals surface area (Å²) < 4.78 is 19.0. The number of carbonyl (C=O) groups is 1. The Morgan fingerprint density at radius 2 is 2.25 bits per heavy atom. The summed E-state index contributed by atoms with van der Waals surface area (Å²) in [4.78, 5) is 16.1. The molecule has 1 aliphatic heterocycles. The van der Waals surface area contributed by atoms with Crippen LogP contribution in [0.4, 0.5) is 10.2 Å². The summed E-state index contributed by atoms with van der Waals surface area (Å²) in [5.74, 6) is -0.458. The first-order valence-electron chi connectivity index (χ1n) is 11.4. The SMILES string of the molecule is COc1c#cc(C(CC(=O)O)C2CC(NCCCc3ccc4c(n3)NCCC4)C2)cc1F. The Morgan fingerprint density at radius 3 is 3.00 bits per heavy atom. The molecule has 0 saturated heterocycles. The lowest BCUT2D eigenvalue weighted by Crippen LogP contribution is -2.44. The van der Waals surface area contributed by atoms with E-state index in [9.17, 15) is 14.3 Å². The maximum absolute atomic E-state index is 14.1. The number of aliphatic carboxylic acids is 1. The molecule has 7 heteroatoms. The van der Waals surface area contributed by atoms with Gasteiger partial charge in [-0.2, -0.15) is 0 Å². The largest absolute Gasteiger partial charge is 0.486 e. The highest BCUT2D eigenvalue weighted by Crippen LogP contribution is 2.41. The number of anilines is 1. The van der Waals surface area contributed by atoms with E-state index >= 15 is 0 Å². The predicted molar refractivity (Wildman–Crippen MR) is 120 cm³/mol. The first-order valence-corrected chi connectivity index (χ1v) is 11.4. The Kier molecular flexibility index (Phi) is 7.11. The highest BCUT2D eigenvalue weighted by atomic mass is 19.1. The van der Waals surface area contributed by atoms with Gasteiger partial charge in [0.1, 0.15) is 5.82 Å². The number of methoxy groups -OCH3 is 1. The number of nitrogens with zero attached hydrogens (tertiary/aromatic N) is 1. The van der Waals surface area contributed by atoms with Crippen molar-refractivity contribution in [2.24, 2.45) is 5.92 Å². The molecule has 1 aromatic heterocycles. The first kappa shape index (κ1) is 22.3. The third-order valence-corrected chi connectivity index (χ3v) is 6.56. The zero-order valence-corrected chi connectivity index (χ0v) is 18.4. The van der Waals surface area contributed by atoms with Gasteiger partial charge >= 0.3 is 5.97 Å². The summed E-state index contributed by atoms with van der Waals surface area (Å²) in [5.41, 5.74) is 2.98. The van der Waals surface area contributed by atoms with Crippen molar-refractivity contribution in [2.75, 3.05) is 25.5 Å². The number of carboxylic acids is 1. The summed E-state index contributed by atoms with van der Waals surface area (Å²) in [6.45, 7) is 1.89. The van der Waals surface area contributed by atoms with E-state index in [1.807, 2.05) is 0 Å². The fourth-order valence-electron chi connectivity index (χ4n) is 4.73. The molecule has 0 radical (unpaired) electrons. The summed E-state index contributed by atoms with van der Waals surface area (Å²) in [7, 11) is 1.37. The van der Waals surface area contributed by atoms with Gasteiger partial charge in [-0.1, -0.05) is 12.1 Å². The second-order valence-electron chi connectivity index (χ2n) is 8.76. The number of ether oxygens (including phenoxy) is 1. The standard InChI is InChI=1S/C25H30FN3O3/c1-32-23-9-7-17(14-22(23)26)21(15-24(30)31)18-12-20(13-18)27-10-3-5-19-8-6-16-4-2-11-28-25(16)29-19/h6,8,14,18,20-21,27H,2-5,10-13,15H2,1H3,(H,28,29)(H,30,31). The molecule has 0 bridgehead atoms. The highest BCUT2D eigenvalue weighted by Gasteiger charge is 2.37. The monoisotopic (exact) mass is 439 g/mol. The van der Waals surface area contributed by atoms with Crippen LogP contribution in [0.1, 0.15) is 54.8 Å². The molecule has 1 unspecified atom stereocenters. The highest BCUT2D eigenvalue weighted by molar-refractivity contribution is 5.68. The molecular formula is C25H30FN3O3. The fraction of sp³-hybridized carbons (Fsp3) is 0.520. The van der Waals surface area contributed by atoms with Crippen LogP contribution >= 0.6 is 0 Å². The number of carboxylic acid groups (broad SMARTS) is 1. The molecule has 1 aliphatic carbocycles. The van der Waals surface area contributed by atoms with Crippen LogP contribution < -0.4 is 15.4 Å². The number of aryl methyl sites for hydroxylation is 2. The number of hydrogen-bond donors (Lipinski definition) is 3. The summed E-state index contributed by atoms with van der Waals surface area (Å²) in [6.07, 6.45) is 5.90. The van der Waals surface area contributed by atoms with E-state index in [1.54, 1.807) is 0 Å². The maximum atomic E-state index is 14.1. The van der Waals surface area contributed by atoms with Gasteiger partial charge in [-0.25, -0.2) is 9.37 Å². The van der Waals surface area contributed by atoms with Crippen LogP contribution in [0, 0.1) is 23.9 Å². The van der Waals surface area contributed by atoms with E-state index in [-0.39, 0.29) is 24.0 Å². The molecule has 2 aromatic rings. The molecule has 170 valence electrons. The number of pyridine rings is 1.